The second-order valence-corrected chi connectivity index (χ2v) is 4.21. The Balaban J connectivity index is 2.00. The molecule has 5 heteroatoms. The Kier molecular flexibility index (Phi) is 2.78. The average molecular weight is 257 g/mol. The highest BCUT2D eigenvalue weighted by Crippen LogP contribution is 2.18. The average Bonchev–Trinajstić information content (AvgIpc) is 2.89. The number of halogens is 1. The Labute approximate surface area is 109 Å². The first-order chi connectivity index (χ1) is 8.83. The molecule has 0 unspecified atom stereocenters. The number of hydrogen-bond donors (Lipinski definition) is 0. The smallest absolute Gasteiger partial charge is 0.115 e. The first-order valence-electron chi connectivity index (χ1n) is 5.41. The SMILES string of the molecule is Clc1cccc(-n2cc(-c3cccnc3)nn2)c1. The minimum absolute atomic E-state index is 0.672. The predicted octanol–water partition coefficient (Wildman–Crippen LogP) is 2.98. The lowest BCUT2D eigenvalue weighted by Crippen LogP contribution is -1.93. The normalized spacial score (nSPS) is 10.5. The van der Waals surface area contributed by atoms with Gasteiger partial charge in [-0.25, -0.2) is 4.68 Å². The van der Waals surface area contributed by atoms with E-state index in [0.29, 0.717) is 5.02 Å². The minimum Gasteiger partial charge on any atom is -0.264 e. The molecule has 0 fully saturated rings. The van der Waals surface area contributed by atoms with Gasteiger partial charge in [-0.2, -0.15) is 0 Å². The first-order valence-corrected chi connectivity index (χ1v) is 5.79. The summed E-state index contributed by atoms with van der Waals surface area (Å²) in [5.74, 6) is 0. The maximum Gasteiger partial charge on any atom is 0.115 e. The van der Waals surface area contributed by atoms with Gasteiger partial charge < -0.3 is 0 Å². The number of pyridine rings is 1. The van der Waals surface area contributed by atoms with Crippen molar-refractivity contribution in [2.45, 2.75) is 0 Å². The van der Waals surface area contributed by atoms with E-state index in [1.165, 1.54) is 0 Å². The van der Waals surface area contributed by atoms with Crippen LogP contribution in [-0.4, -0.2) is 20.0 Å². The van der Waals surface area contributed by atoms with Crippen LogP contribution in [0.2, 0.25) is 5.02 Å². The fourth-order valence-corrected chi connectivity index (χ4v) is 1.84. The second kappa shape index (κ2) is 4.58. The van der Waals surface area contributed by atoms with Gasteiger partial charge in [0.15, 0.2) is 0 Å². The molecule has 1 aromatic carbocycles. The summed E-state index contributed by atoms with van der Waals surface area (Å²) in [5.41, 5.74) is 2.60. The van der Waals surface area contributed by atoms with Crippen molar-refractivity contribution in [2.75, 3.05) is 0 Å². The lowest BCUT2D eigenvalue weighted by Gasteiger charge is -1.99. The van der Waals surface area contributed by atoms with Gasteiger partial charge >= 0.3 is 0 Å². The van der Waals surface area contributed by atoms with Crippen LogP contribution in [0.1, 0.15) is 0 Å². The van der Waals surface area contributed by atoms with Crippen molar-refractivity contribution < 1.29 is 0 Å². The van der Waals surface area contributed by atoms with E-state index in [0.717, 1.165) is 16.9 Å². The van der Waals surface area contributed by atoms with Gasteiger partial charge in [0.2, 0.25) is 0 Å². The Morgan fingerprint density at radius 1 is 1.11 bits per heavy atom. The van der Waals surface area contributed by atoms with Crippen molar-refractivity contribution in [2.24, 2.45) is 0 Å². The molecule has 0 spiro atoms. The summed E-state index contributed by atoms with van der Waals surface area (Å²) in [7, 11) is 0. The Morgan fingerprint density at radius 2 is 2.06 bits per heavy atom. The highest BCUT2D eigenvalue weighted by atomic mass is 35.5. The molecule has 0 saturated carbocycles. The van der Waals surface area contributed by atoms with Crippen LogP contribution in [0.5, 0.6) is 0 Å². The number of hydrogen-bond acceptors (Lipinski definition) is 3. The maximum absolute atomic E-state index is 5.95. The molecule has 0 saturated heterocycles. The van der Waals surface area contributed by atoms with Gasteiger partial charge in [-0.1, -0.05) is 22.9 Å². The molecule has 88 valence electrons. The van der Waals surface area contributed by atoms with Crippen molar-refractivity contribution in [3.63, 3.8) is 0 Å². The zero-order valence-electron chi connectivity index (χ0n) is 9.36. The molecular weight excluding hydrogens is 248 g/mol. The van der Waals surface area contributed by atoms with Crippen molar-refractivity contribution in [1.29, 1.82) is 0 Å². The molecule has 0 N–H and O–H groups in total. The summed E-state index contributed by atoms with van der Waals surface area (Å²) in [4.78, 5) is 4.06. The molecule has 0 aliphatic carbocycles. The second-order valence-electron chi connectivity index (χ2n) is 3.77. The topological polar surface area (TPSA) is 43.6 Å². The van der Waals surface area contributed by atoms with Gasteiger partial charge in [0.1, 0.15) is 5.69 Å². The van der Waals surface area contributed by atoms with E-state index in [9.17, 15) is 0 Å². The van der Waals surface area contributed by atoms with Crippen LogP contribution in [0, 0.1) is 0 Å². The van der Waals surface area contributed by atoms with E-state index in [2.05, 4.69) is 15.3 Å². The van der Waals surface area contributed by atoms with Crippen LogP contribution in [0.3, 0.4) is 0 Å². The van der Waals surface area contributed by atoms with E-state index in [1.807, 2.05) is 42.6 Å². The fourth-order valence-electron chi connectivity index (χ4n) is 1.66. The quantitative estimate of drug-likeness (QED) is 0.708. The van der Waals surface area contributed by atoms with Crippen molar-refractivity contribution in [3.8, 4) is 16.9 Å². The standard InChI is InChI=1S/C13H9ClN4/c14-11-4-1-5-12(7-11)18-9-13(16-17-18)10-3-2-6-15-8-10/h1-9H. The molecule has 18 heavy (non-hydrogen) atoms. The molecule has 4 nitrogen and oxygen atoms in total. The van der Waals surface area contributed by atoms with E-state index < -0.39 is 0 Å². The number of benzene rings is 1. The van der Waals surface area contributed by atoms with Gasteiger partial charge in [0.05, 0.1) is 11.9 Å². The van der Waals surface area contributed by atoms with Crippen LogP contribution in [0.25, 0.3) is 16.9 Å². The highest BCUT2D eigenvalue weighted by molar-refractivity contribution is 6.30. The van der Waals surface area contributed by atoms with Crippen LogP contribution >= 0.6 is 11.6 Å². The van der Waals surface area contributed by atoms with Gasteiger partial charge in [-0.15, -0.1) is 5.10 Å². The minimum atomic E-state index is 0.672. The third kappa shape index (κ3) is 2.10. The number of rotatable bonds is 2. The summed E-state index contributed by atoms with van der Waals surface area (Å²) < 4.78 is 1.69. The molecule has 0 bridgehead atoms. The summed E-state index contributed by atoms with van der Waals surface area (Å²) in [6.45, 7) is 0. The third-order valence-electron chi connectivity index (χ3n) is 2.52. The molecule has 3 aromatic rings. The zero-order chi connectivity index (χ0) is 12.4. The van der Waals surface area contributed by atoms with Crippen LogP contribution in [0.15, 0.2) is 55.0 Å². The molecule has 0 amide bonds. The molecular formula is C13H9ClN4. The highest BCUT2D eigenvalue weighted by Gasteiger charge is 2.05. The number of nitrogens with zero attached hydrogens (tertiary/aromatic N) is 4. The van der Waals surface area contributed by atoms with Crippen molar-refractivity contribution in [1.82, 2.24) is 20.0 Å². The summed E-state index contributed by atoms with van der Waals surface area (Å²) in [6.07, 6.45) is 5.33. The summed E-state index contributed by atoms with van der Waals surface area (Å²) in [5, 5.41) is 8.88. The summed E-state index contributed by atoms with van der Waals surface area (Å²) in [6, 6.07) is 11.3. The van der Waals surface area contributed by atoms with Gasteiger partial charge in [-0.05, 0) is 30.3 Å². The van der Waals surface area contributed by atoms with Crippen LogP contribution in [-0.2, 0) is 0 Å². The molecule has 2 heterocycles. The molecule has 0 aliphatic rings. The van der Waals surface area contributed by atoms with Gasteiger partial charge in [0, 0.05) is 23.0 Å². The van der Waals surface area contributed by atoms with Crippen molar-refractivity contribution >= 4 is 11.6 Å². The first kappa shape index (κ1) is 10.9. The molecule has 0 atom stereocenters. The summed E-state index contributed by atoms with van der Waals surface area (Å²) >= 11 is 5.95. The maximum atomic E-state index is 5.95. The van der Waals surface area contributed by atoms with Crippen molar-refractivity contribution in [3.05, 3.63) is 60.0 Å². The van der Waals surface area contributed by atoms with E-state index in [1.54, 1.807) is 17.1 Å². The largest absolute Gasteiger partial charge is 0.264 e. The van der Waals surface area contributed by atoms with E-state index >= 15 is 0 Å². The van der Waals surface area contributed by atoms with Gasteiger partial charge in [0.25, 0.3) is 0 Å². The van der Waals surface area contributed by atoms with Crippen LogP contribution < -0.4 is 0 Å². The number of aromatic nitrogens is 4. The fraction of sp³-hybridized carbons (Fsp3) is 0. The Morgan fingerprint density at radius 3 is 2.83 bits per heavy atom. The third-order valence-corrected chi connectivity index (χ3v) is 2.76. The molecule has 0 aliphatic heterocycles. The Bertz CT molecular complexity index is 664. The Hall–Kier alpha value is -2.20. The molecule has 2 aromatic heterocycles. The predicted molar refractivity (Wildman–Crippen MR) is 69.6 cm³/mol. The lowest BCUT2D eigenvalue weighted by atomic mass is 10.2. The van der Waals surface area contributed by atoms with Crippen LogP contribution in [0.4, 0.5) is 0 Å². The van der Waals surface area contributed by atoms with E-state index in [-0.39, 0.29) is 0 Å². The lowest BCUT2D eigenvalue weighted by molar-refractivity contribution is 0.804. The van der Waals surface area contributed by atoms with E-state index in [4.69, 9.17) is 11.6 Å². The zero-order valence-corrected chi connectivity index (χ0v) is 10.1. The monoisotopic (exact) mass is 256 g/mol. The van der Waals surface area contributed by atoms with Gasteiger partial charge in [-0.3, -0.25) is 4.98 Å². The molecule has 0 radical (unpaired) electrons. The molecule has 3 rings (SSSR count).